The molecule has 0 aliphatic rings. The molecule has 2 aromatic carbocycles. The largest absolute Gasteiger partial charge is 0.377 e. The molecule has 220 valence electrons. The van der Waals surface area contributed by atoms with Crippen molar-refractivity contribution in [2.45, 2.75) is 101 Å². The van der Waals surface area contributed by atoms with Crippen molar-refractivity contribution < 1.29 is 13.2 Å². The van der Waals surface area contributed by atoms with E-state index in [2.05, 4.69) is 5.32 Å². The number of nitrogens with one attached hydrogen (secondary N) is 1. The van der Waals surface area contributed by atoms with Crippen molar-refractivity contribution in [1.82, 2.24) is 5.32 Å². The van der Waals surface area contributed by atoms with Crippen LogP contribution in [0.1, 0.15) is 96.3 Å². The first-order chi connectivity index (χ1) is 18.9. The number of nitrogens with two attached hydrogens (primary N) is 1. The van der Waals surface area contributed by atoms with E-state index in [-0.39, 0.29) is 5.75 Å². The Hall–Kier alpha value is -1.96. The molecular formula is C32H53N3O3S. The summed E-state index contributed by atoms with van der Waals surface area (Å²) in [5.41, 5.74) is 6.50. The van der Waals surface area contributed by atoms with Crippen LogP contribution in [0.5, 0.6) is 0 Å². The van der Waals surface area contributed by atoms with Gasteiger partial charge in [-0.05, 0) is 63.9 Å². The smallest absolute Gasteiger partial charge is 0.178 e. The number of benzene rings is 2. The molecule has 3 N–H and O–H groups in total. The normalized spacial score (nSPS) is 11.8. The van der Waals surface area contributed by atoms with Crippen molar-refractivity contribution in [3.8, 4) is 0 Å². The molecular weight excluding hydrogens is 506 g/mol. The first-order valence-corrected chi connectivity index (χ1v) is 16.9. The molecule has 0 bridgehead atoms. The summed E-state index contributed by atoms with van der Waals surface area (Å²) in [6.45, 7) is 2.88. The van der Waals surface area contributed by atoms with Gasteiger partial charge in [0.2, 0.25) is 0 Å². The molecule has 0 radical (unpaired) electrons. The summed E-state index contributed by atoms with van der Waals surface area (Å²) in [4.78, 5) is 14.6. The van der Waals surface area contributed by atoms with E-state index in [0.717, 1.165) is 81.0 Å². The standard InChI is InChI=1S/C32H53N3O3S/c1-35(2)31-22-15-21-30-29(31)20-16-23-32(30)39(37,38)27-14-10-6-8-12-19-28(36)18-11-7-4-3-5-9-13-25-34-26-17-24-33/h15-16,20-23,34H,3-14,17-19,24-27,33H2,1-2H3. The highest BCUT2D eigenvalue weighted by Gasteiger charge is 2.18. The van der Waals surface area contributed by atoms with Gasteiger partial charge < -0.3 is 16.0 Å². The number of unbranched alkanes of at least 4 members (excludes halogenated alkanes) is 10. The fraction of sp³-hybridized carbons (Fsp3) is 0.656. The molecule has 0 aromatic heterocycles. The van der Waals surface area contributed by atoms with Gasteiger partial charge in [-0.25, -0.2) is 8.42 Å². The Morgan fingerprint density at radius 1 is 0.718 bits per heavy atom. The molecule has 6 nitrogen and oxygen atoms in total. The predicted octanol–water partition coefficient (Wildman–Crippen LogP) is 6.65. The van der Waals surface area contributed by atoms with Gasteiger partial charge in [0.25, 0.3) is 0 Å². The van der Waals surface area contributed by atoms with E-state index in [9.17, 15) is 13.2 Å². The van der Waals surface area contributed by atoms with E-state index >= 15 is 0 Å². The molecule has 0 saturated heterocycles. The molecule has 7 heteroatoms. The lowest BCUT2D eigenvalue weighted by atomic mass is 10.0. The number of fused-ring (bicyclic) bond motifs is 1. The molecule has 0 aliphatic heterocycles. The molecule has 0 atom stereocenters. The number of sulfone groups is 1. The minimum atomic E-state index is -3.34. The van der Waals surface area contributed by atoms with Crippen LogP contribution in [-0.2, 0) is 14.6 Å². The van der Waals surface area contributed by atoms with E-state index in [1.165, 1.54) is 32.1 Å². The lowest BCUT2D eigenvalue weighted by molar-refractivity contribution is -0.119. The Kier molecular flexibility index (Phi) is 16.3. The second-order valence-electron chi connectivity index (χ2n) is 11.0. The molecule has 0 fully saturated rings. The number of nitrogens with zero attached hydrogens (tertiary/aromatic N) is 1. The number of Topliss-reactive ketones (excluding diaryl/α,β-unsaturated/α-hetero) is 1. The van der Waals surface area contributed by atoms with Gasteiger partial charge in [-0.2, -0.15) is 0 Å². The highest BCUT2D eigenvalue weighted by atomic mass is 32.2. The van der Waals surface area contributed by atoms with Gasteiger partial charge in [0.05, 0.1) is 10.6 Å². The average molecular weight is 560 g/mol. The number of anilines is 1. The highest BCUT2D eigenvalue weighted by molar-refractivity contribution is 7.91. The van der Waals surface area contributed by atoms with Crippen LogP contribution in [-0.4, -0.2) is 53.7 Å². The van der Waals surface area contributed by atoms with Gasteiger partial charge in [0, 0.05) is 43.4 Å². The summed E-state index contributed by atoms with van der Waals surface area (Å²) >= 11 is 0. The van der Waals surface area contributed by atoms with Gasteiger partial charge in [0.1, 0.15) is 5.78 Å². The molecule has 0 spiro atoms. The van der Waals surface area contributed by atoms with Gasteiger partial charge >= 0.3 is 0 Å². The third kappa shape index (κ3) is 12.8. The monoisotopic (exact) mass is 559 g/mol. The summed E-state index contributed by atoms with van der Waals surface area (Å²) in [5.74, 6) is 0.553. The minimum absolute atomic E-state index is 0.170. The van der Waals surface area contributed by atoms with Crippen LogP contribution in [0.15, 0.2) is 41.3 Å². The zero-order valence-electron chi connectivity index (χ0n) is 24.6. The SMILES string of the molecule is CN(C)c1cccc2c(S(=O)(=O)CCCCCCCC(=O)CCCCCCCCCNCCCN)cccc12. The van der Waals surface area contributed by atoms with Crippen molar-refractivity contribution in [2.75, 3.05) is 44.4 Å². The van der Waals surface area contributed by atoms with Crippen LogP contribution >= 0.6 is 0 Å². The molecule has 2 rings (SSSR count). The second kappa shape index (κ2) is 19.2. The fourth-order valence-electron chi connectivity index (χ4n) is 5.11. The first-order valence-electron chi connectivity index (χ1n) is 15.2. The predicted molar refractivity (Wildman–Crippen MR) is 167 cm³/mol. The molecule has 0 heterocycles. The molecule has 2 aromatic rings. The maximum atomic E-state index is 13.1. The zero-order chi connectivity index (χ0) is 28.3. The molecule has 39 heavy (non-hydrogen) atoms. The van der Waals surface area contributed by atoms with E-state index < -0.39 is 9.84 Å². The molecule has 0 amide bonds. The summed E-state index contributed by atoms with van der Waals surface area (Å²) in [5, 5.41) is 5.18. The Bertz CT molecular complexity index is 1070. The average Bonchev–Trinajstić information content (AvgIpc) is 2.92. The van der Waals surface area contributed by atoms with Crippen LogP contribution in [0.25, 0.3) is 10.8 Å². The van der Waals surface area contributed by atoms with E-state index in [1.54, 1.807) is 6.07 Å². The van der Waals surface area contributed by atoms with Crippen molar-refractivity contribution in [2.24, 2.45) is 5.73 Å². The van der Waals surface area contributed by atoms with E-state index in [0.29, 0.717) is 29.9 Å². The van der Waals surface area contributed by atoms with Crippen molar-refractivity contribution in [3.05, 3.63) is 36.4 Å². The van der Waals surface area contributed by atoms with E-state index in [1.807, 2.05) is 49.3 Å². The van der Waals surface area contributed by atoms with Crippen molar-refractivity contribution in [3.63, 3.8) is 0 Å². The summed E-state index contributed by atoms with van der Waals surface area (Å²) < 4.78 is 26.2. The second-order valence-corrected chi connectivity index (χ2v) is 13.1. The molecule has 0 unspecified atom stereocenters. The lowest BCUT2D eigenvalue weighted by Crippen LogP contribution is -2.19. The number of hydrogen-bond donors (Lipinski definition) is 2. The minimum Gasteiger partial charge on any atom is -0.377 e. The van der Waals surface area contributed by atoms with E-state index in [4.69, 9.17) is 5.73 Å². The Labute approximate surface area is 238 Å². The number of hydrogen-bond acceptors (Lipinski definition) is 6. The first kappa shape index (κ1) is 33.2. The molecule has 0 aliphatic carbocycles. The quantitative estimate of drug-likeness (QED) is 0.148. The van der Waals surface area contributed by atoms with Crippen molar-refractivity contribution >= 4 is 32.1 Å². The third-order valence-corrected chi connectivity index (χ3v) is 9.26. The number of carbonyl (C=O) groups excluding carboxylic acids is 1. The Morgan fingerprint density at radius 3 is 1.90 bits per heavy atom. The van der Waals surface area contributed by atoms with Crippen LogP contribution in [0.3, 0.4) is 0 Å². The number of carbonyl (C=O) groups is 1. The van der Waals surface area contributed by atoms with Gasteiger partial charge in [0.15, 0.2) is 9.84 Å². The van der Waals surface area contributed by atoms with Gasteiger partial charge in [-0.3, -0.25) is 4.79 Å². The number of rotatable bonds is 23. The van der Waals surface area contributed by atoms with Crippen LogP contribution < -0.4 is 16.0 Å². The lowest BCUT2D eigenvalue weighted by Gasteiger charge is -2.17. The zero-order valence-corrected chi connectivity index (χ0v) is 25.4. The van der Waals surface area contributed by atoms with Crippen LogP contribution in [0.2, 0.25) is 0 Å². The Morgan fingerprint density at radius 2 is 1.26 bits per heavy atom. The van der Waals surface area contributed by atoms with Gasteiger partial charge in [-0.1, -0.05) is 75.6 Å². The fourth-order valence-corrected chi connectivity index (χ4v) is 6.72. The third-order valence-electron chi connectivity index (χ3n) is 7.41. The van der Waals surface area contributed by atoms with Crippen LogP contribution in [0.4, 0.5) is 5.69 Å². The summed E-state index contributed by atoms with van der Waals surface area (Å²) in [6.07, 6.45) is 15.3. The number of ketones is 1. The maximum Gasteiger partial charge on any atom is 0.178 e. The van der Waals surface area contributed by atoms with Crippen LogP contribution in [0, 0.1) is 0 Å². The summed E-state index contributed by atoms with van der Waals surface area (Å²) in [7, 11) is 0.601. The Balaban J connectivity index is 1.51. The summed E-state index contributed by atoms with van der Waals surface area (Å²) in [6, 6.07) is 11.4. The maximum absolute atomic E-state index is 13.1. The topological polar surface area (TPSA) is 92.5 Å². The van der Waals surface area contributed by atoms with Crippen molar-refractivity contribution in [1.29, 1.82) is 0 Å². The van der Waals surface area contributed by atoms with Gasteiger partial charge in [-0.15, -0.1) is 0 Å². The highest BCUT2D eigenvalue weighted by Crippen LogP contribution is 2.31. The molecule has 0 saturated carbocycles.